The molecule has 6 nitrogen and oxygen atoms in total. The molecule has 1 atom stereocenters. The minimum atomic E-state index is -0.0556. The maximum absolute atomic E-state index is 13.1. The molecular weight excluding hydrogens is 400 g/mol. The highest BCUT2D eigenvalue weighted by Gasteiger charge is 2.30. The van der Waals surface area contributed by atoms with Gasteiger partial charge in [0, 0.05) is 29.9 Å². The fourth-order valence-electron chi connectivity index (χ4n) is 4.06. The molecule has 1 saturated heterocycles. The van der Waals surface area contributed by atoms with Crippen molar-refractivity contribution in [3.63, 3.8) is 0 Å². The smallest absolute Gasteiger partial charge is 0.275 e. The Morgan fingerprint density at radius 3 is 2.93 bits per heavy atom. The van der Waals surface area contributed by atoms with Gasteiger partial charge in [0.2, 0.25) is 0 Å². The van der Waals surface area contributed by atoms with Crippen LogP contribution in [0, 0.1) is 0 Å². The Hall–Kier alpha value is -3.12. The second kappa shape index (κ2) is 7.95. The number of rotatable bonds is 4. The summed E-state index contributed by atoms with van der Waals surface area (Å²) in [5, 5.41) is 8.77. The first-order valence-corrected chi connectivity index (χ1v) is 10.5. The summed E-state index contributed by atoms with van der Waals surface area (Å²) in [5.41, 5.74) is 2.34. The molecule has 5 rings (SSSR count). The van der Waals surface area contributed by atoms with E-state index in [1.165, 1.54) is 0 Å². The van der Waals surface area contributed by atoms with E-state index in [9.17, 15) is 4.79 Å². The highest BCUT2D eigenvalue weighted by Crippen LogP contribution is 2.29. The third-order valence-electron chi connectivity index (χ3n) is 5.62. The van der Waals surface area contributed by atoms with Gasteiger partial charge >= 0.3 is 0 Å². The van der Waals surface area contributed by atoms with Gasteiger partial charge in [-0.15, -0.1) is 0 Å². The van der Waals surface area contributed by atoms with Crippen LogP contribution in [-0.2, 0) is 6.42 Å². The first kappa shape index (κ1) is 18.9. The molecule has 2 aromatic heterocycles. The average molecular weight is 421 g/mol. The highest BCUT2D eigenvalue weighted by molar-refractivity contribution is 6.31. The third kappa shape index (κ3) is 3.59. The van der Waals surface area contributed by atoms with Gasteiger partial charge in [-0.05, 0) is 30.5 Å². The SMILES string of the molecule is O=C(c1n[nH]c2ccccc12)N1CCCC(c2ncc(Cc3ccccc3Cl)o2)C1. The normalized spacial score (nSPS) is 16.8. The Labute approximate surface area is 178 Å². The number of H-pyrrole nitrogens is 1. The van der Waals surface area contributed by atoms with Gasteiger partial charge in [-0.3, -0.25) is 9.89 Å². The number of carbonyl (C=O) groups is 1. The molecule has 0 saturated carbocycles. The van der Waals surface area contributed by atoms with E-state index in [2.05, 4.69) is 15.2 Å². The molecule has 2 aromatic carbocycles. The van der Waals surface area contributed by atoms with Crippen molar-refractivity contribution < 1.29 is 9.21 Å². The van der Waals surface area contributed by atoms with Crippen molar-refractivity contribution in [1.29, 1.82) is 0 Å². The lowest BCUT2D eigenvalue weighted by Gasteiger charge is -2.30. The number of fused-ring (bicyclic) bond motifs is 1. The number of amides is 1. The van der Waals surface area contributed by atoms with Crippen molar-refractivity contribution in [3.05, 3.63) is 82.7 Å². The van der Waals surface area contributed by atoms with Gasteiger partial charge in [-0.1, -0.05) is 48.0 Å². The maximum Gasteiger partial charge on any atom is 0.275 e. The van der Waals surface area contributed by atoms with E-state index in [0.29, 0.717) is 31.1 Å². The molecule has 0 bridgehead atoms. The molecule has 4 aromatic rings. The molecule has 1 amide bonds. The number of piperidine rings is 1. The summed E-state index contributed by atoms with van der Waals surface area (Å²) in [6.45, 7) is 1.29. The van der Waals surface area contributed by atoms with Crippen LogP contribution in [0.5, 0.6) is 0 Å². The molecule has 0 spiro atoms. The van der Waals surface area contributed by atoms with Crippen LogP contribution in [0.25, 0.3) is 10.9 Å². The number of aromatic nitrogens is 3. The molecule has 0 aliphatic carbocycles. The Morgan fingerprint density at radius 2 is 2.03 bits per heavy atom. The lowest BCUT2D eigenvalue weighted by atomic mass is 9.97. The van der Waals surface area contributed by atoms with Crippen LogP contribution in [0.1, 0.15) is 46.5 Å². The average Bonchev–Trinajstić information content (AvgIpc) is 3.42. The molecule has 0 radical (unpaired) electrons. The van der Waals surface area contributed by atoms with Crippen LogP contribution in [-0.4, -0.2) is 39.1 Å². The van der Waals surface area contributed by atoms with Crippen molar-refractivity contribution in [1.82, 2.24) is 20.1 Å². The van der Waals surface area contributed by atoms with E-state index >= 15 is 0 Å². The van der Waals surface area contributed by atoms with E-state index in [0.717, 1.165) is 40.1 Å². The second-order valence-electron chi connectivity index (χ2n) is 7.64. The van der Waals surface area contributed by atoms with Crippen LogP contribution in [0.15, 0.2) is 59.1 Å². The molecule has 1 unspecified atom stereocenters. The van der Waals surface area contributed by atoms with Gasteiger partial charge in [0.15, 0.2) is 11.6 Å². The number of benzene rings is 2. The van der Waals surface area contributed by atoms with Gasteiger partial charge in [-0.2, -0.15) is 5.10 Å². The van der Waals surface area contributed by atoms with Crippen molar-refractivity contribution in [2.24, 2.45) is 0 Å². The van der Waals surface area contributed by atoms with Gasteiger partial charge in [0.1, 0.15) is 5.76 Å². The van der Waals surface area contributed by atoms with Crippen molar-refractivity contribution >= 4 is 28.4 Å². The van der Waals surface area contributed by atoms with E-state index in [1.807, 2.05) is 53.4 Å². The van der Waals surface area contributed by atoms with Gasteiger partial charge in [0.05, 0.1) is 17.6 Å². The summed E-state index contributed by atoms with van der Waals surface area (Å²) in [5.74, 6) is 1.48. The Morgan fingerprint density at radius 1 is 1.20 bits per heavy atom. The molecule has 1 aliphatic heterocycles. The number of nitrogens with one attached hydrogen (secondary N) is 1. The number of nitrogens with zero attached hydrogens (tertiary/aromatic N) is 3. The van der Waals surface area contributed by atoms with Gasteiger partial charge in [0.25, 0.3) is 5.91 Å². The summed E-state index contributed by atoms with van der Waals surface area (Å²) < 4.78 is 6.04. The quantitative estimate of drug-likeness (QED) is 0.513. The lowest BCUT2D eigenvalue weighted by molar-refractivity contribution is 0.0694. The minimum Gasteiger partial charge on any atom is -0.445 e. The van der Waals surface area contributed by atoms with Crippen LogP contribution in [0.2, 0.25) is 5.02 Å². The number of hydrogen-bond acceptors (Lipinski definition) is 4. The molecular formula is C23H21ClN4O2. The summed E-state index contributed by atoms with van der Waals surface area (Å²) in [6, 6.07) is 15.4. The maximum atomic E-state index is 13.1. The Bertz CT molecular complexity index is 1200. The lowest BCUT2D eigenvalue weighted by Crippen LogP contribution is -2.39. The second-order valence-corrected chi connectivity index (χ2v) is 8.05. The zero-order valence-electron chi connectivity index (χ0n) is 16.3. The fourth-order valence-corrected chi connectivity index (χ4v) is 4.26. The van der Waals surface area contributed by atoms with E-state index in [-0.39, 0.29) is 11.8 Å². The van der Waals surface area contributed by atoms with Crippen molar-refractivity contribution in [2.75, 3.05) is 13.1 Å². The number of hydrogen-bond donors (Lipinski definition) is 1. The van der Waals surface area contributed by atoms with Crippen LogP contribution < -0.4 is 0 Å². The summed E-state index contributed by atoms with van der Waals surface area (Å²) in [7, 11) is 0. The predicted molar refractivity (Wildman–Crippen MR) is 115 cm³/mol. The standard InChI is InChI=1S/C23H21ClN4O2/c24-19-9-3-1-6-15(19)12-17-13-25-22(30-17)16-7-5-11-28(14-16)23(29)21-18-8-2-4-10-20(18)26-27-21/h1-4,6,8-10,13,16H,5,7,11-12,14H2,(H,26,27). The van der Waals surface area contributed by atoms with Crippen LogP contribution >= 0.6 is 11.6 Å². The van der Waals surface area contributed by atoms with Crippen LogP contribution in [0.4, 0.5) is 0 Å². The number of carbonyl (C=O) groups excluding carboxylic acids is 1. The van der Waals surface area contributed by atoms with E-state index in [1.54, 1.807) is 6.20 Å². The molecule has 1 aliphatic rings. The monoisotopic (exact) mass is 420 g/mol. The Kier molecular flexibility index (Phi) is 5.01. The zero-order chi connectivity index (χ0) is 20.5. The van der Waals surface area contributed by atoms with Crippen LogP contribution in [0.3, 0.4) is 0 Å². The first-order chi connectivity index (χ1) is 14.7. The topological polar surface area (TPSA) is 75.0 Å². The molecule has 1 N–H and O–H groups in total. The molecule has 152 valence electrons. The zero-order valence-corrected chi connectivity index (χ0v) is 17.1. The first-order valence-electron chi connectivity index (χ1n) is 10.1. The third-order valence-corrected chi connectivity index (χ3v) is 5.99. The van der Waals surface area contributed by atoms with Gasteiger partial charge < -0.3 is 9.32 Å². The highest BCUT2D eigenvalue weighted by atomic mass is 35.5. The predicted octanol–water partition coefficient (Wildman–Crippen LogP) is 4.81. The molecule has 3 heterocycles. The largest absolute Gasteiger partial charge is 0.445 e. The number of halogens is 1. The summed E-state index contributed by atoms with van der Waals surface area (Å²) in [4.78, 5) is 19.5. The molecule has 7 heteroatoms. The molecule has 1 fully saturated rings. The minimum absolute atomic E-state index is 0.0556. The number of likely N-dealkylation sites (tertiary alicyclic amines) is 1. The summed E-state index contributed by atoms with van der Waals surface area (Å²) in [6.07, 6.45) is 4.21. The Balaban J connectivity index is 1.32. The number of para-hydroxylation sites is 1. The van der Waals surface area contributed by atoms with Crippen molar-refractivity contribution in [2.45, 2.75) is 25.2 Å². The van der Waals surface area contributed by atoms with E-state index < -0.39 is 0 Å². The summed E-state index contributed by atoms with van der Waals surface area (Å²) >= 11 is 6.26. The van der Waals surface area contributed by atoms with Gasteiger partial charge in [-0.25, -0.2) is 4.98 Å². The number of aromatic amines is 1. The van der Waals surface area contributed by atoms with E-state index in [4.69, 9.17) is 16.0 Å². The van der Waals surface area contributed by atoms with Crippen molar-refractivity contribution in [3.8, 4) is 0 Å². The molecule has 30 heavy (non-hydrogen) atoms. The number of oxazole rings is 1. The fraction of sp³-hybridized carbons (Fsp3) is 0.261.